The monoisotopic (exact) mass is 976 g/mol. The number of rotatable bonds is 11. The third-order valence-corrected chi connectivity index (χ3v) is 13.0. The minimum Gasteiger partial charge on any atom is -0.481 e. The van der Waals surface area contributed by atoms with Crippen molar-refractivity contribution in [2.24, 2.45) is 5.92 Å². The summed E-state index contributed by atoms with van der Waals surface area (Å²) in [6.07, 6.45) is -8.66. The van der Waals surface area contributed by atoms with E-state index in [1.54, 1.807) is 0 Å². The van der Waals surface area contributed by atoms with Crippen LogP contribution in [0.4, 0.5) is 25.2 Å². The number of nitrogens with two attached hydrogens (primary N) is 1. The van der Waals surface area contributed by atoms with E-state index < -0.39 is 99.8 Å². The fourth-order valence-electron chi connectivity index (χ4n) is 6.85. The van der Waals surface area contributed by atoms with Gasteiger partial charge in [-0.2, -0.15) is 0 Å². The number of nitrogens with one attached hydrogen (secondary N) is 2. The van der Waals surface area contributed by atoms with E-state index in [1.165, 1.54) is 28.7 Å². The number of hydrogen-bond acceptors (Lipinski definition) is 21. The van der Waals surface area contributed by atoms with Gasteiger partial charge in [0.2, 0.25) is 5.91 Å². The molecule has 33 heteroatoms. The number of imidazole rings is 2. The molecule has 0 radical (unpaired) electrons. The van der Waals surface area contributed by atoms with Gasteiger partial charge in [0.25, 0.3) is 0 Å². The largest absolute Gasteiger partial charge is 0.481 e. The van der Waals surface area contributed by atoms with Crippen molar-refractivity contribution in [3.05, 3.63) is 37.2 Å². The van der Waals surface area contributed by atoms with Gasteiger partial charge in [0.15, 0.2) is 53.2 Å². The maximum absolute atomic E-state index is 16.5. The predicted octanol–water partition coefficient (Wildman–Crippen LogP) is 0.537. The highest BCUT2D eigenvalue weighted by Gasteiger charge is 2.54. The van der Waals surface area contributed by atoms with Gasteiger partial charge in [-0.25, -0.2) is 48.2 Å². The molecule has 5 aromatic rings. The van der Waals surface area contributed by atoms with E-state index >= 15 is 8.78 Å². The lowest BCUT2D eigenvalue weighted by atomic mass is 10.1. The number of ether oxygens (including phenoxy) is 3. The van der Waals surface area contributed by atoms with E-state index in [0.29, 0.717) is 5.69 Å². The highest BCUT2D eigenvalue weighted by atomic mass is 32.5. The molecule has 8 rings (SSSR count). The maximum Gasteiger partial charge on any atom is 0.412 e. The first-order valence-corrected chi connectivity index (χ1v) is 24.0. The highest BCUT2D eigenvalue weighted by molar-refractivity contribution is 8.07. The number of alkyl halides is 2. The number of hydrogen-bond donors (Lipinski definition) is 6. The van der Waals surface area contributed by atoms with Crippen LogP contribution < -0.4 is 16.4 Å². The van der Waals surface area contributed by atoms with Crippen molar-refractivity contribution in [3.8, 4) is 0 Å². The number of anilines is 2. The molecule has 7 N–H and O–H groups in total. The second-order valence-corrected chi connectivity index (χ2v) is 19.8. The van der Waals surface area contributed by atoms with Gasteiger partial charge < -0.3 is 49.2 Å². The molecule has 8 heterocycles. The molecule has 3 saturated heterocycles. The molecule has 3 aliphatic heterocycles. The summed E-state index contributed by atoms with van der Waals surface area (Å²) in [5, 5.41) is 21.7. The van der Waals surface area contributed by atoms with Crippen LogP contribution in [0.3, 0.4) is 0 Å². The van der Waals surface area contributed by atoms with Crippen molar-refractivity contribution in [2.75, 3.05) is 30.9 Å². The van der Waals surface area contributed by atoms with Crippen LogP contribution in [0.2, 0.25) is 0 Å². The van der Waals surface area contributed by atoms with Gasteiger partial charge in [0.1, 0.15) is 54.9 Å². The van der Waals surface area contributed by atoms with E-state index in [9.17, 15) is 24.2 Å². The first kappa shape index (κ1) is 45.7. The van der Waals surface area contributed by atoms with Gasteiger partial charge in [-0.3, -0.25) is 33.1 Å². The minimum atomic E-state index is -4.38. The van der Waals surface area contributed by atoms with Gasteiger partial charge in [0.05, 0.1) is 51.6 Å². The second-order valence-electron chi connectivity index (χ2n) is 14.3. The average molecular weight is 977 g/mol. The zero-order chi connectivity index (χ0) is 45.5. The third-order valence-electron chi connectivity index (χ3n) is 9.87. The summed E-state index contributed by atoms with van der Waals surface area (Å²) in [6, 6.07) is 0. The zero-order valence-corrected chi connectivity index (χ0v) is 36.1. The molecule has 64 heavy (non-hydrogen) atoms. The number of fused-ring (bicyclic) bond motifs is 4. The summed E-state index contributed by atoms with van der Waals surface area (Å²) < 4.78 is 75.9. The van der Waals surface area contributed by atoms with E-state index in [0.717, 1.165) is 23.5 Å². The zero-order valence-electron chi connectivity index (χ0n) is 32.7. The Morgan fingerprint density at radius 3 is 2.11 bits per heavy atom. The number of carbonyl (C=O) groups is 3. The third kappa shape index (κ3) is 9.84. The van der Waals surface area contributed by atoms with E-state index in [1.807, 2.05) is 0 Å². The van der Waals surface area contributed by atoms with Crippen LogP contribution in [0.15, 0.2) is 31.5 Å². The topological polar surface area (TPSA) is 344 Å². The van der Waals surface area contributed by atoms with E-state index in [-0.39, 0.29) is 60.1 Å². The first-order chi connectivity index (χ1) is 30.5. The molecule has 27 nitrogen and oxygen atoms in total. The molecule has 3 unspecified atom stereocenters. The fourth-order valence-corrected chi connectivity index (χ4v) is 9.72. The summed E-state index contributed by atoms with van der Waals surface area (Å²) in [5.41, 5.74) is 6.49. The van der Waals surface area contributed by atoms with Crippen molar-refractivity contribution in [3.63, 3.8) is 0 Å². The van der Waals surface area contributed by atoms with Crippen LogP contribution in [0, 0.1) is 5.92 Å². The molecule has 11 atom stereocenters. The van der Waals surface area contributed by atoms with Gasteiger partial charge >= 0.3 is 25.5 Å². The molecule has 3 fully saturated rings. The number of halogens is 2. The van der Waals surface area contributed by atoms with Crippen LogP contribution in [-0.4, -0.2) is 143 Å². The molecule has 2 amide bonds. The number of nitrogens with zero attached hydrogens (tertiary/aromatic N) is 11. The van der Waals surface area contributed by atoms with Crippen molar-refractivity contribution in [2.45, 2.75) is 75.6 Å². The van der Waals surface area contributed by atoms with Crippen LogP contribution in [0.1, 0.15) is 31.5 Å². The smallest absolute Gasteiger partial charge is 0.412 e. The van der Waals surface area contributed by atoms with Gasteiger partial charge in [-0.1, -0.05) is 12.1 Å². The summed E-state index contributed by atoms with van der Waals surface area (Å²) >= 11 is 10.4. The number of carboxylic acids is 1. The number of aromatic nitrogens is 11. The Labute approximate surface area is 367 Å². The van der Waals surface area contributed by atoms with Crippen LogP contribution in [-0.2, 0) is 78.6 Å². The van der Waals surface area contributed by atoms with Gasteiger partial charge in [-0.15, -0.1) is 5.10 Å². The SMILES string of the molecule is CC(CC(=O)O)C(=O)NCc1cn(CCOC(=O)Nc2ncnc3c2ncn3[C@@H]2O[C@@H]3COP(O)(=S)O[C@H]4[C@@H](F)[C@H](n5cnc6c(N)ncnc65)O[C@@H]4COP(O)(=S)O[C@H]3[C@H]2F)nn1. The molecule has 344 valence electrons. The van der Waals surface area contributed by atoms with Crippen LogP contribution in [0.5, 0.6) is 0 Å². The van der Waals surface area contributed by atoms with Crippen molar-refractivity contribution >= 4 is 89.0 Å². The van der Waals surface area contributed by atoms with E-state index in [4.69, 9.17) is 66.8 Å². The Morgan fingerprint density at radius 1 is 0.922 bits per heavy atom. The highest BCUT2D eigenvalue weighted by Crippen LogP contribution is 2.54. The summed E-state index contributed by atoms with van der Waals surface area (Å²) in [4.78, 5) is 82.4. The lowest BCUT2D eigenvalue weighted by Gasteiger charge is -2.29. The lowest BCUT2D eigenvalue weighted by Crippen LogP contribution is -2.37. The lowest BCUT2D eigenvalue weighted by molar-refractivity contribution is -0.140. The normalized spacial score (nSPS) is 30.2. The Bertz CT molecular complexity index is 2670. The average Bonchev–Trinajstić information content (AvgIpc) is 4.08. The van der Waals surface area contributed by atoms with Crippen LogP contribution in [0.25, 0.3) is 22.3 Å². The molecule has 3 aliphatic rings. The number of aliphatic carboxylic acids is 1. The number of amides is 2. The molecule has 5 aromatic heterocycles. The molecule has 0 aliphatic carbocycles. The van der Waals surface area contributed by atoms with Crippen LogP contribution >= 0.6 is 13.4 Å². The van der Waals surface area contributed by atoms with Gasteiger partial charge in [0, 0.05) is 5.92 Å². The minimum absolute atomic E-state index is 0.00213. The quantitative estimate of drug-likeness (QED) is 0.0984. The predicted molar refractivity (Wildman–Crippen MR) is 216 cm³/mol. The Balaban J connectivity index is 0.904. The molecular formula is C31H36F2N14O13P2S2. The Kier molecular flexibility index (Phi) is 13.2. The summed E-state index contributed by atoms with van der Waals surface area (Å²) in [5.74, 6) is -2.41. The molecular weight excluding hydrogens is 941 g/mol. The number of carbonyl (C=O) groups excluding carboxylic acids is 2. The standard InChI is InChI=1S/C31H36F2N14O13P2S2/c1-13(4-17(48)49)28(50)35-5-14-6-45(44-43-14)2-3-54-31(51)42-25-21-27(39-10-37-25)47(12-41-21)30-19(33)23-16(58-30)8-56-61(52,63)59-22-15(7-55-62(53,64)60-23)57-29(18(22)32)46-11-40-20-24(34)36-9-38-26(20)46/h6,9-13,15-16,18-19,22-23,29-30H,2-5,7-8H2,1H3,(H,35,50)(H,48,49)(H,52,63)(H,53,64)(H2,34,36,38)(H,37,39,42,51)/t13?,15-,16-,18-,19-,22-,23-,29-,30-,61?,62?/m1/s1. The van der Waals surface area contributed by atoms with Gasteiger partial charge in [-0.05, 0) is 23.6 Å². The van der Waals surface area contributed by atoms with Crippen molar-refractivity contribution in [1.29, 1.82) is 0 Å². The summed E-state index contributed by atoms with van der Waals surface area (Å²) in [7, 11) is 0. The summed E-state index contributed by atoms with van der Waals surface area (Å²) in [6.45, 7) is -8.75. The molecule has 0 saturated carbocycles. The second kappa shape index (κ2) is 18.5. The fraction of sp³-hybridized carbons (Fsp3) is 0.516. The molecule has 0 bridgehead atoms. The molecule has 0 spiro atoms. The number of carboxylic acid groups (broad SMARTS) is 1. The van der Waals surface area contributed by atoms with Crippen molar-refractivity contribution < 1.29 is 70.4 Å². The Hall–Kier alpha value is -4.91. The first-order valence-electron chi connectivity index (χ1n) is 18.8. The number of nitrogen functional groups attached to an aromatic ring is 1. The Morgan fingerprint density at radius 2 is 1.50 bits per heavy atom. The maximum atomic E-state index is 16.5. The molecule has 0 aromatic carbocycles. The van der Waals surface area contributed by atoms with Crippen molar-refractivity contribution in [1.82, 2.24) is 59.3 Å². The van der Waals surface area contributed by atoms with E-state index in [2.05, 4.69) is 50.8 Å².